The lowest BCUT2D eigenvalue weighted by Crippen LogP contribution is -2.05. The molecule has 0 fully saturated rings. The third-order valence-electron chi connectivity index (χ3n) is 2.12. The van der Waals surface area contributed by atoms with Gasteiger partial charge in [-0.25, -0.2) is 0 Å². The van der Waals surface area contributed by atoms with Crippen LogP contribution in [0.2, 0.25) is 0 Å². The first-order valence-electron chi connectivity index (χ1n) is 4.16. The third-order valence-corrected chi connectivity index (χ3v) is 2.12. The number of fused-ring (bicyclic) bond motifs is 1. The van der Waals surface area contributed by atoms with E-state index in [0.717, 1.165) is 6.07 Å². The molecule has 0 saturated carbocycles. The zero-order valence-corrected chi connectivity index (χ0v) is 7.77. The van der Waals surface area contributed by atoms with Crippen molar-refractivity contribution in [2.24, 2.45) is 0 Å². The fraction of sp³-hybridized carbons (Fsp3) is 0.200. The summed E-state index contributed by atoms with van der Waals surface area (Å²) in [5, 5.41) is 0.100. The number of aromatic nitrogens is 1. The molecule has 2 aromatic rings. The van der Waals surface area contributed by atoms with Crippen LogP contribution >= 0.6 is 0 Å². The number of alkyl halides is 3. The Balaban J connectivity index is 2.74. The minimum absolute atomic E-state index is 0.100. The van der Waals surface area contributed by atoms with Gasteiger partial charge in [0.25, 0.3) is 0 Å². The fourth-order valence-corrected chi connectivity index (χ4v) is 1.42. The molecule has 0 spiro atoms. The number of hydrogen-bond acceptors (Lipinski definition) is 1. The number of methoxy groups -OCH3 is 1. The summed E-state index contributed by atoms with van der Waals surface area (Å²) in [5.74, 6) is 0.172. The molecule has 2 nitrogen and oxygen atoms in total. The van der Waals surface area contributed by atoms with E-state index in [-0.39, 0.29) is 11.1 Å². The summed E-state index contributed by atoms with van der Waals surface area (Å²) in [5.41, 5.74) is -0.351. The lowest BCUT2D eigenvalue weighted by molar-refractivity contribution is -0.136. The van der Waals surface area contributed by atoms with Crippen LogP contribution in [0.3, 0.4) is 0 Å². The van der Waals surface area contributed by atoms with E-state index >= 15 is 0 Å². The monoisotopic (exact) mass is 214 g/mol. The van der Waals surface area contributed by atoms with Gasteiger partial charge in [0.15, 0.2) is 0 Å². The molecule has 1 N–H and O–H groups in total. The van der Waals surface area contributed by atoms with Crippen molar-refractivity contribution >= 4 is 10.9 Å². The Hall–Kier alpha value is -1.65. The van der Waals surface area contributed by atoms with E-state index in [0.29, 0.717) is 5.52 Å². The van der Waals surface area contributed by atoms with Crippen molar-refractivity contribution < 1.29 is 17.9 Å². The number of hydrogen-bond donors (Lipinski definition) is 1. The predicted molar refractivity (Wildman–Crippen MR) is 48.7 cm³/mol. The number of rotatable bonds is 1. The Morgan fingerprint density at radius 1 is 1.33 bits per heavy atom. The van der Waals surface area contributed by atoms with Gasteiger partial charge < -0.3 is 9.72 Å². The van der Waals surface area contributed by atoms with Crippen molar-refractivity contribution in [2.75, 3.05) is 7.11 Å². The maximum Gasteiger partial charge on any atom is 0.417 e. The molecular formula is C10H7F3NO. The first-order valence-corrected chi connectivity index (χ1v) is 4.16. The molecule has 1 heterocycles. The Kier molecular flexibility index (Phi) is 2.10. The third kappa shape index (κ3) is 1.65. The summed E-state index contributed by atoms with van der Waals surface area (Å²) in [6, 6.07) is 3.75. The van der Waals surface area contributed by atoms with E-state index in [1.807, 2.05) is 0 Å². The Bertz CT molecular complexity index is 487. The topological polar surface area (TPSA) is 25.0 Å². The zero-order valence-electron chi connectivity index (χ0n) is 7.77. The number of benzene rings is 1. The van der Waals surface area contributed by atoms with Crippen molar-refractivity contribution in [3.63, 3.8) is 0 Å². The molecule has 0 atom stereocenters. The van der Waals surface area contributed by atoms with Crippen LogP contribution in [0.4, 0.5) is 13.2 Å². The second kappa shape index (κ2) is 3.18. The van der Waals surface area contributed by atoms with Crippen LogP contribution in [-0.4, -0.2) is 12.1 Å². The van der Waals surface area contributed by atoms with Crippen LogP contribution in [0.5, 0.6) is 5.75 Å². The van der Waals surface area contributed by atoms with Gasteiger partial charge in [0.05, 0.1) is 24.4 Å². The molecule has 0 unspecified atom stereocenters. The number of aromatic amines is 1. The number of ether oxygens (including phenoxy) is 1. The van der Waals surface area contributed by atoms with E-state index in [2.05, 4.69) is 11.2 Å². The first kappa shape index (κ1) is 9.89. The number of H-pyrrole nitrogens is 1. The van der Waals surface area contributed by atoms with Crippen molar-refractivity contribution in [2.45, 2.75) is 6.18 Å². The second-order valence-electron chi connectivity index (χ2n) is 3.05. The van der Waals surface area contributed by atoms with Crippen LogP contribution in [0.25, 0.3) is 10.9 Å². The number of nitrogens with one attached hydrogen (secondary N) is 1. The second-order valence-corrected chi connectivity index (χ2v) is 3.05. The molecule has 15 heavy (non-hydrogen) atoms. The molecule has 0 aliphatic rings. The minimum atomic E-state index is -4.39. The van der Waals surface area contributed by atoms with Gasteiger partial charge in [-0.05, 0) is 12.1 Å². The van der Waals surface area contributed by atoms with Gasteiger partial charge in [-0.3, -0.25) is 0 Å². The SMILES string of the molecule is COc1cc(C(F)(F)F)c2c[c][nH]c2c1. The highest BCUT2D eigenvalue weighted by Crippen LogP contribution is 2.37. The van der Waals surface area contributed by atoms with E-state index in [9.17, 15) is 13.2 Å². The highest BCUT2D eigenvalue weighted by Gasteiger charge is 2.33. The van der Waals surface area contributed by atoms with Gasteiger partial charge in [-0.15, -0.1) is 0 Å². The normalized spacial score (nSPS) is 12.0. The van der Waals surface area contributed by atoms with Crippen LogP contribution in [0, 0.1) is 6.20 Å². The van der Waals surface area contributed by atoms with E-state index in [1.165, 1.54) is 19.2 Å². The maximum absolute atomic E-state index is 12.6. The molecule has 0 saturated heterocycles. The van der Waals surface area contributed by atoms with Gasteiger partial charge in [-0.2, -0.15) is 13.2 Å². The van der Waals surface area contributed by atoms with Crippen molar-refractivity contribution in [3.8, 4) is 5.75 Å². The first-order chi connectivity index (χ1) is 7.02. The average molecular weight is 214 g/mol. The molecule has 0 amide bonds. The smallest absolute Gasteiger partial charge is 0.417 e. The van der Waals surface area contributed by atoms with Crippen molar-refractivity contribution in [1.82, 2.24) is 4.98 Å². The molecule has 1 aromatic heterocycles. The molecule has 2 rings (SSSR count). The van der Waals surface area contributed by atoms with Crippen molar-refractivity contribution in [3.05, 3.63) is 30.0 Å². The summed E-state index contributed by atoms with van der Waals surface area (Å²) in [6.45, 7) is 0. The standard InChI is InChI=1S/C10H7F3NO/c1-15-6-4-8(10(11,12)13)7-2-3-14-9(7)5-6/h2,4-5,14H,1H3. The summed E-state index contributed by atoms with van der Waals surface area (Å²) >= 11 is 0. The van der Waals surface area contributed by atoms with Gasteiger partial charge in [0.1, 0.15) is 5.75 Å². The lowest BCUT2D eigenvalue weighted by atomic mass is 10.1. The predicted octanol–water partition coefficient (Wildman–Crippen LogP) is 3.00. The maximum atomic E-state index is 12.6. The van der Waals surface area contributed by atoms with E-state index in [4.69, 9.17) is 4.74 Å². The van der Waals surface area contributed by atoms with Gasteiger partial charge in [0.2, 0.25) is 0 Å². The van der Waals surface area contributed by atoms with Gasteiger partial charge in [0, 0.05) is 11.5 Å². The largest absolute Gasteiger partial charge is 0.497 e. The Labute approximate surface area is 83.7 Å². The molecule has 1 radical (unpaired) electrons. The fourth-order valence-electron chi connectivity index (χ4n) is 1.42. The lowest BCUT2D eigenvalue weighted by Gasteiger charge is -2.10. The van der Waals surface area contributed by atoms with Gasteiger partial charge in [-0.1, -0.05) is 0 Å². The summed E-state index contributed by atoms with van der Waals surface area (Å²) in [6.07, 6.45) is -1.87. The highest BCUT2D eigenvalue weighted by molar-refractivity contribution is 5.84. The zero-order chi connectivity index (χ0) is 11.1. The number of halogens is 3. The minimum Gasteiger partial charge on any atom is -0.497 e. The Morgan fingerprint density at radius 3 is 2.67 bits per heavy atom. The molecule has 1 aromatic carbocycles. The molecule has 0 aliphatic carbocycles. The molecular weight excluding hydrogens is 207 g/mol. The molecule has 79 valence electrons. The van der Waals surface area contributed by atoms with Crippen LogP contribution in [0.15, 0.2) is 18.2 Å². The molecule has 5 heteroatoms. The van der Waals surface area contributed by atoms with Crippen LogP contribution < -0.4 is 4.74 Å². The van der Waals surface area contributed by atoms with Crippen LogP contribution in [0.1, 0.15) is 5.56 Å². The van der Waals surface area contributed by atoms with Gasteiger partial charge >= 0.3 is 6.18 Å². The van der Waals surface area contributed by atoms with E-state index in [1.54, 1.807) is 0 Å². The Morgan fingerprint density at radius 2 is 2.07 bits per heavy atom. The molecule has 0 aliphatic heterocycles. The highest BCUT2D eigenvalue weighted by atomic mass is 19.4. The summed E-state index contributed by atoms with van der Waals surface area (Å²) in [4.78, 5) is 2.60. The average Bonchev–Trinajstić information content (AvgIpc) is 2.61. The summed E-state index contributed by atoms with van der Waals surface area (Å²) < 4.78 is 42.7. The van der Waals surface area contributed by atoms with Crippen molar-refractivity contribution in [1.29, 1.82) is 0 Å². The van der Waals surface area contributed by atoms with Crippen LogP contribution in [-0.2, 0) is 6.18 Å². The van der Waals surface area contributed by atoms with E-state index < -0.39 is 11.7 Å². The quantitative estimate of drug-likeness (QED) is 0.775. The summed E-state index contributed by atoms with van der Waals surface area (Å²) in [7, 11) is 1.33. The molecule has 0 bridgehead atoms.